The van der Waals surface area contributed by atoms with E-state index in [0.29, 0.717) is 6.04 Å². The molecule has 1 atom stereocenters. The van der Waals surface area contributed by atoms with Gasteiger partial charge >= 0.3 is 0 Å². The summed E-state index contributed by atoms with van der Waals surface area (Å²) in [6, 6.07) is 7.16. The first-order valence-corrected chi connectivity index (χ1v) is 8.06. The van der Waals surface area contributed by atoms with Crippen molar-refractivity contribution in [1.82, 2.24) is 0 Å². The predicted molar refractivity (Wildman–Crippen MR) is 86.6 cm³/mol. The number of rotatable bonds is 3. The monoisotopic (exact) mass is 324 g/mol. The molecule has 1 unspecified atom stereocenters. The molecule has 0 heterocycles. The van der Waals surface area contributed by atoms with E-state index in [1.165, 1.54) is 36.9 Å². The Hall–Kier alpha value is -0.540. The van der Waals surface area contributed by atoms with Crippen LogP contribution in [0.1, 0.15) is 51.1 Å². The van der Waals surface area contributed by atoms with Crippen LogP contribution in [0.25, 0.3) is 0 Å². The van der Waals surface area contributed by atoms with Crippen molar-refractivity contribution < 1.29 is 0 Å². The molecular formula is C16H25BrN2. The summed E-state index contributed by atoms with van der Waals surface area (Å²) in [6.07, 6.45) is 5.28. The lowest BCUT2D eigenvalue weighted by molar-refractivity contribution is 0.340. The van der Waals surface area contributed by atoms with E-state index in [2.05, 4.69) is 59.9 Å². The highest BCUT2D eigenvalue weighted by molar-refractivity contribution is 9.10. The van der Waals surface area contributed by atoms with E-state index >= 15 is 0 Å². The zero-order valence-electron chi connectivity index (χ0n) is 12.2. The molecule has 1 fully saturated rings. The summed E-state index contributed by atoms with van der Waals surface area (Å²) in [7, 11) is 2.22. The maximum atomic E-state index is 6.11. The van der Waals surface area contributed by atoms with Gasteiger partial charge in [-0.15, -0.1) is 0 Å². The largest absolute Gasteiger partial charge is 0.371 e. The van der Waals surface area contributed by atoms with E-state index in [0.717, 1.165) is 10.4 Å². The number of anilines is 1. The lowest BCUT2D eigenvalue weighted by Gasteiger charge is -2.36. The number of nitrogens with zero attached hydrogens (tertiary/aromatic N) is 1. The molecule has 2 rings (SSSR count). The second-order valence-corrected chi connectivity index (χ2v) is 6.93. The van der Waals surface area contributed by atoms with Crippen molar-refractivity contribution >= 4 is 21.6 Å². The van der Waals surface area contributed by atoms with Crippen LogP contribution in [0.5, 0.6) is 0 Å². The van der Waals surface area contributed by atoms with Gasteiger partial charge in [-0.2, -0.15) is 0 Å². The molecule has 1 aromatic rings. The Morgan fingerprint density at radius 3 is 2.47 bits per heavy atom. The minimum absolute atomic E-state index is 0.0769. The minimum Gasteiger partial charge on any atom is -0.371 e. The van der Waals surface area contributed by atoms with Crippen molar-refractivity contribution in [1.29, 1.82) is 0 Å². The van der Waals surface area contributed by atoms with Crippen LogP contribution in [0, 0.1) is 5.92 Å². The second kappa shape index (κ2) is 6.27. The summed E-state index contributed by atoms with van der Waals surface area (Å²) in [4.78, 5) is 2.44. The van der Waals surface area contributed by atoms with E-state index < -0.39 is 0 Å². The van der Waals surface area contributed by atoms with Crippen molar-refractivity contribution in [3.63, 3.8) is 0 Å². The van der Waals surface area contributed by atoms with Crippen LogP contribution < -0.4 is 10.6 Å². The molecule has 0 amide bonds. The number of hydrogen-bond donors (Lipinski definition) is 1. The number of halogens is 1. The van der Waals surface area contributed by atoms with Gasteiger partial charge in [-0.1, -0.05) is 28.9 Å². The Balaban J connectivity index is 2.22. The number of nitrogens with two attached hydrogens (primary N) is 1. The Kier molecular flexibility index (Phi) is 4.91. The number of hydrogen-bond acceptors (Lipinski definition) is 2. The van der Waals surface area contributed by atoms with Crippen LogP contribution in [0.15, 0.2) is 22.7 Å². The fourth-order valence-electron chi connectivity index (χ4n) is 3.03. The topological polar surface area (TPSA) is 29.3 Å². The van der Waals surface area contributed by atoms with Gasteiger partial charge in [0.25, 0.3) is 0 Å². The summed E-state index contributed by atoms with van der Waals surface area (Å²) < 4.78 is 1.13. The van der Waals surface area contributed by atoms with Crippen molar-refractivity contribution in [3.05, 3.63) is 28.2 Å². The highest BCUT2D eigenvalue weighted by Gasteiger charge is 2.23. The molecule has 1 aromatic carbocycles. The molecule has 2 nitrogen and oxygen atoms in total. The highest BCUT2D eigenvalue weighted by Crippen LogP contribution is 2.34. The van der Waals surface area contributed by atoms with Gasteiger partial charge in [-0.05, 0) is 56.2 Å². The fourth-order valence-corrected chi connectivity index (χ4v) is 3.38. The van der Waals surface area contributed by atoms with Crippen LogP contribution >= 0.6 is 15.9 Å². The van der Waals surface area contributed by atoms with E-state index in [-0.39, 0.29) is 6.04 Å². The Bertz CT molecular complexity index is 423. The lowest BCUT2D eigenvalue weighted by Crippen LogP contribution is -2.35. The quantitative estimate of drug-likeness (QED) is 0.887. The first-order valence-electron chi connectivity index (χ1n) is 7.27. The molecule has 0 radical (unpaired) electrons. The van der Waals surface area contributed by atoms with E-state index in [9.17, 15) is 0 Å². The van der Waals surface area contributed by atoms with Gasteiger partial charge in [0.1, 0.15) is 0 Å². The van der Waals surface area contributed by atoms with Gasteiger partial charge in [-0.25, -0.2) is 0 Å². The van der Waals surface area contributed by atoms with Crippen molar-refractivity contribution in [2.45, 2.75) is 51.6 Å². The van der Waals surface area contributed by atoms with Gasteiger partial charge in [0.2, 0.25) is 0 Å². The van der Waals surface area contributed by atoms with E-state index in [4.69, 9.17) is 5.73 Å². The minimum atomic E-state index is 0.0769. The van der Waals surface area contributed by atoms with Crippen LogP contribution in [0.2, 0.25) is 0 Å². The molecule has 0 bridgehead atoms. The highest BCUT2D eigenvalue weighted by atomic mass is 79.9. The Morgan fingerprint density at radius 2 is 1.89 bits per heavy atom. The van der Waals surface area contributed by atoms with Crippen LogP contribution in [0.3, 0.4) is 0 Å². The normalized spacial score (nSPS) is 25.1. The van der Waals surface area contributed by atoms with Gasteiger partial charge in [0, 0.05) is 29.3 Å². The summed E-state index contributed by atoms with van der Waals surface area (Å²) >= 11 is 3.58. The van der Waals surface area contributed by atoms with E-state index in [1.807, 2.05) is 0 Å². The molecule has 2 N–H and O–H groups in total. The van der Waals surface area contributed by atoms with Crippen molar-refractivity contribution in [3.8, 4) is 0 Å². The summed E-state index contributed by atoms with van der Waals surface area (Å²) in [5.41, 5.74) is 8.63. The predicted octanol–water partition coefficient (Wildman–Crippen LogP) is 4.48. The third-order valence-corrected chi connectivity index (χ3v) is 4.89. The lowest BCUT2D eigenvalue weighted by atomic mass is 9.86. The van der Waals surface area contributed by atoms with Gasteiger partial charge < -0.3 is 10.6 Å². The van der Waals surface area contributed by atoms with Crippen molar-refractivity contribution in [2.75, 3.05) is 11.9 Å². The summed E-state index contributed by atoms with van der Waals surface area (Å²) in [5.74, 6) is 0.889. The third kappa shape index (κ3) is 3.51. The zero-order valence-corrected chi connectivity index (χ0v) is 13.8. The van der Waals surface area contributed by atoms with Crippen LogP contribution in [-0.2, 0) is 0 Å². The molecule has 19 heavy (non-hydrogen) atoms. The Morgan fingerprint density at radius 1 is 1.26 bits per heavy atom. The molecule has 1 aliphatic carbocycles. The third-order valence-electron chi connectivity index (χ3n) is 4.40. The van der Waals surface area contributed by atoms with Gasteiger partial charge in [0.15, 0.2) is 0 Å². The van der Waals surface area contributed by atoms with Crippen LogP contribution in [0.4, 0.5) is 5.69 Å². The molecule has 0 saturated heterocycles. The fraction of sp³-hybridized carbons (Fsp3) is 0.625. The SMILES string of the molecule is CC1CCC(N(C)c2cc(Br)ccc2C(C)N)CC1. The molecule has 0 aliphatic heterocycles. The first-order chi connectivity index (χ1) is 8.99. The second-order valence-electron chi connectivity index (χ2n) is 6.02. The molecule has 0 aromatic heterocycles. The van der Waals surface area contributed by atoms with Crippen molar-refractivity contribution in [2.24, 2.45) is 11.7 Å². The molecule has 0 spiro atoms. The molecule has 3 heteroatoms. The first kappa shape index (κ1) is 14.9. The maximum absolute atomic E-state index is 6.11. The van der Waals surface area contributed by atoms with Crippen LogP contribution in [-0.4, -0.2) is 13.1 Å². The average molecular weight is 325 g/mol. The standard InChI is InChI=1S/C16H25BrN2/c1-11-4-7-14(8-5-11)19(3)16-10-13(17)6-9-15(16)12(2)18/h6,9-12,14H,4-5,7-8,18H2,1-3H3. The number of benzene rings is 1. The van der Waals surface area contributed by atoms with Gasteiger partial charge in [-0.3, -0.25) is 0 Å². The molecule has 106 valence electrons. The average Bonchev–Trinajstić information content (AvgIpc) is 2.38. The molecule has 1 saturated carbocycles. The summed E-state index contributed by atoms with van der Waals surface area (Å²) in [5, 5.41) is 0. The summed E-state index contributed by atoms with van der Waals surface area (Å²) in [6.45, 7) is 4.42. The van der Waals surface area contributed by atoms with Gasteiger partial charge in [0.05, 0.1) is 0 Å². The zero-order chi connectivity index (χ0) is 14.0. The molecular weight excluding hydrogens is 300 g/mol. The van der Waals surface area contributed by atoms with E-state index in [1.54, 1.807) is 0 Å². The maximum Gasteiger partial charge on any atom is 0.0425 e. The molecule has 1 aliphatic rings. The Labute approximate surface area is 125 Å². The smallest absolute Gasteiger partial charge is 0.0425 e.